The number of rotatable bonds is 1. The molecule has 0 saturated carbocycles. The number of carbonyl (C=O) groups is 1. The third-order valence-electron chi connectivity index (χ3n) is 6.00. The number of phenolic OH excluding ortho intramolecular Hbond substituents is 1. The molecule has 0 aromatic heterocycles. The van der Waals surface area contributed by atoms with Crippen molar-refractivity contribution >= 4 is 22.2 Å². The minimum atomic E-state index is -0.262. The van der Waals surface area contributed by atoms with E-state index in [1.807, 2.05) is 30.3 Å². The fourth-order valence-corrected chi connectivity index (χ4v) is 4.85. The summed E-state index contributed by atoms with van der Waals surface area (Å²) >= 11 is 0. The van der Waals surface area contributed by atoms with Gasteiger partial charge in [-0.05, 0) is 40.3 Å². The van der Waals surface area contributed by atoms with Crippen molar-refractivity contribution in [2.45, 2.75) is 32.6 Å². The van der Waals surface area contributed by atoms with E-state index in [4.69, 9.17) is 0 Å². The number of allylic oxidation sites excluding steroid dienone is 2. The van der Waals surface area contributed by atoms with Gasteiger partial charge in [0, 0.05) is 34.9 Å². The molecule has 0 unspecified atom stereocenters. The van der Waals surface area contributed by atoms with Crippen LogP contribution in [0.15, 0.2) is 71.9 Å². The maximum Gasteiger partial charge on any atom is 0.162 e. The lowest BCUT2D eigenvalue weighted by Crippen LogP contribution is -2.33. The van der Waals surface area contributed by atoms with Crippen LogP contribution in [-0.2, 0) is 4.79 Å². The first-order valence-corrected chi connectivity index (χ1v) is 9.77. The maximum absolute atomic E-state index is 13.3. The summed E-state index contributed by atoms with van der Waals surface area (Å²) in [5, 5.41) is 16.5. The highest BCUT2D eigenvalue weighted by atomic mass is 16.3. The number of fused-ring (bicyclic) bond motifs is 3. The Hall–Kier alpha value is -3.07. The van der Waals surface area contributed by atoms with E-state index < -0.39 is 0 Å². The molecular weight excluding hydrogens is 346 g/mol. The van der Waals surface area contributed by atoms with Crippen LogP contribution in [0.2, 0.25) is 0 Å². The Morgan fingerprint density at radius 3 is 2.54 bits per heavy atom. The van der Waals surface area contributed by atoms with Gasteiger partial charge in [-0.15, -0.1) is 0 Å². The van der Waals surface area contributed by atoms with Crippen molar-refractivity contribution in [3.05, 3.63) is 83.1 Å². The normalized spacial score (nSPS) is 20.5. The summed E-state index contributed by atoms with van der Waals surface area (Å²) in [6.45, 7) is 4.28. The standard InChI is InChI=1S/C25H23NO2/c1-25(2)13-19-24(21(28)14-25)23(17-9-5-6-10-20(17)27)22-16-8-4-3-7-15(16)11-12-18(22)26-19/h3-12,23,26-27H,13-14H2,1-2H3/t23-/m1/s1. The zero-order valence-corrected chi connectivity index (χ0v) is 16.1. The van der Waals surface area contributed by atoms with Crippen LogP contribution in [0.5, 0.6) is 5.75 Å². The molecule has 5 rings (SSSR count). The molecule has 1 atom stereocenters. The second kappa shape index (κ2) is 5.96. The van der Waals surface area contributed by atoms with E-state index in [9.17, 15) is 9.90 Å². The molecule has 0 bridgehead atoms. The summed E-state index contributed by atoms with van der Waals surface area (Å²) in [7, 11) is 0. The molecule has 1 heterocycles. The van der Waals surface area contributed by atoms with Gasteiger partial charge in [0.1, 0.15) is 5.75 Å². The minimum Gasteiger partial charge on any atom is -0.508 e. The summed E-state index contributed by atoms with van der Waals surface area (Å²) in [5.41, 5.74) is 4.63. The van der Waals surface area contributed by atoms with E-state index in [1.165, 1.54) is 0 Å². The van der Waals surface area contributed by atoms with Crippen LogP contribution in [0.3, 0.4) is 0 Å². The van der Waals surface area contributed by atoms with Gasteiger partial charge in [-0.3, -0.25) is 4.79 Å². The molecule has 0 spiro atoms. The lowest BCUT2D eigenvalue weighted by atomic mass is 9.68. The third kappa shape index (κ3) is 2.54. The van der Waals surface area contributed by atoms with Crippen molar-refractivity contribution in [3.63, 3.8) is 0 Å². The highest BCUT2D eigenvalue weighted by molar-refractivity contribution is 6.04. The molecule has 0 fully saturated rings. The lowest BCUT2D eigenvalue weighted by Gasteiger charge is -2.40. The Balaban J connectivity index is 1.84. The molecule has 140 valence electrons. The van der Waals surface area contributed by atoms with Gasteiger partial charge >= 0.3 is 0 Å². The van der Waals surface area contributed by atoms with Crippen LogP contribution >= 0.6 is 0 Å². The number of carbonyl (C=O) groups excluding carboxylic acids is 1. The predicted molar refractivity (Wildman–Crippen MR) is 113 cm³/mol. The van der Waals surface area contributed by atoms with E-state index in [1.54, 1.807) is 6.07 Å². The topological polar surface area (TPSA) is 49.3 Å². The summed E-state index contributed by atoms with van der Waals surface area (Å²) < 4.78 is 0. The summed E-state index contributed by atoms with van der Waals surface area (Å²) in [6, 6.07) is 19.9. The molecule has 3 aromatic rings. The van der Waals surface area contributed by atoms with E-state index in [0.717, 1.165) is 45.3 Å². The Bertz CT molecular complexity index is 1160. The molecule has 1 aliphatic heterocycles. The van der Waals surface area contributed by atoms with Gasteiger partial charge in [0.2, 0.25) is 0 Å². The quantitative estimate of drug-likeness (QED) is 0.574. The van der Waals surface area contributed by atoms with Gasteiger partial charge in [-0.2, -0.15) is 0 Å². The monoisotopic (exact) mass is 369 g/mol. The maximum atomic E-state index is 13.3. The largest absolute Gasteiger partial charge is 0.508 e. The first-order chi connectivity index (χ1) is 13.4. The molecule has 3 nitrogen and oxygen atoms in total. The lowest BCUT2D eigenvalue weighted by molar-refractivity contribution is -0.118. The first-order valence-electron chi connectivity index (χ1n) is 9.77. The van der Waals surface area contributed by atoms with E-state index in [-0.39, 0.29) is 22.9 Å². The number of phenols is 1. The Morgan fingerprint density at radius 1 is 0.964 bits per heavy atom. The number of nitrogens with one attached hydrogen (secondary N) is 1. The molecule has 28 heavy (non-hydrogen) atoms. The van der Waals surface area contributed by atoms with Crippen LogP contribution in [0.1, 0.15) is 43.7 Å². The molecule has 3 aromatic carbocycles. The number of Topliss-reactive ketones (excluding diaryl/α,β-unsaturated/α-hetero) is 1. The molecule has 0 saturated heterocycles. The zero-order valence-electron chi connectivity index (χ0n) is 16.1. The molecule has 0 amide bonds. The van der Waals surface area contributed by atoms with Crippen LogP contribution in [0, 0.1) is 5.41 Å². The van der Waals surface area contributed by atoms with Gasteiger partial charge in [0.15, 0.2) is 5.78 Å². The van der Waals surface area contributed by atoms with Crippen molar-refractivity contribution in [3.8, 4) is 5.75 Å². The molecule has 1 aliphatic carbocycles. The summed E-state index contributed by atoms with van der Waals surface area (Å²) in [6.07, 6.45) is 1.35. The van der Waals surface area contributed by atoms with Crippen molar-refractivity contribution in [2.75, 3.05) is 5.32 Å². The summed E-state index contributed by atoms with van der Waals surface area (Å²) in [4.78, 5) is 13.3. The zero-order chi connectivity index (χ0) is 19.5. The summed E-state index contributed by atoms with van der Waals surface area (Å²) in [5.74, 6) is 0.144. The van der Waals surface area contributed by atoms with Crippen LogP contribution in [-0.4, -0.2) is 10.9 Å². The number of hydrogen-bond donors (Lipinski definition) is 2. The number of ketones is 1. The Morgan fingerprint density at radius 2 is 1.71 bits per heavy atom. The molecular formula is C25H23NO2. The average molecular weight is 369 g/mol. The van der Waals surface area contributed by atoms with Crippen molar-refractivity contribution < 1.29 is 9.90 Å². The smallest absolute Gasteiger partial charge is 0.162 e. The van der Waals surface area contributed by atoms with Crippen molar-refractivity contribution in [2.24, 2.45) is 5.41 Å². The van der Waals surface area contributed by atoms with Crippen LogP contribution in [0.4, 0.5) is 5.69 Å². The van der Waals surface area contributed by atoms with Crippen molar-refractivity contribution in [1.29, 1.82) is 0 Å². The highest BCUT2D eigenvalue weighted by Gasteiger charge is 2.41. The van der Waals surface area contributed by atoms with Gasteiger partial charge in [0.05, 0.1) is 0 Å². The van der Waals surface area contributed by atoms with Crippen LogP contribution < -0.4 is 5.32 Å². The number of para-hydroxylation sites is 1. The van der Waals surface area contributed by atoms with E-state index >= 15 is 0 Å². The fourth-order valence-electron chi connectivity index (χ4n) is 4.85. The number of anilines is 1. The SMILES string of the molecule is CC1(C)CC(=O)C2=C(C1)Nc1ccc3ccccc3c1[C@H]2c1ccccc1O. The van der Waals surface area contributed by atoms with E-state index in [0.29, 0.717) is 6.42 Å². The first kappa shape index (κ1) is 17.1. The number of aromatic hydroxyl groups is 1. The molecule has 2 aliphatic rings. The van der Waals surface area contributed by atoms with Crippen molar-refractivity contribution in [1.82, 2.24) is 0 Å². The molecule has 2 N–H and O–H groups in total. The van der Waals surface area contributed by atoms with Gasteiger partial charge < -0.3 is 10.4 Å². The van der Waals surface area contributed by atoms with Gasteiger partial charge in [0.25, 0.3) is 0 Å². The number of hydrogen-bond acceptors (Lipinski definition) is 3. The van der Waals surface area contributed by atoms with Crippen LogP contribution in [0.25, 0.3) is 10.8 Å². The second-order valence-corrected chi connectivity index (χ2v) is 8.70. The fraction of sp³-hybridized carbons (Fsp3) is 0.240. The average Bonchev–Trinajstić information content (AvgIpc) is 2.65. The number of benzene rings is 3. The second-order valence-electron chi connectivity index (χ2n) is 8.70. The highest BCUT2D eigenvalue weighted by Crippen LogP contribution is 2.52. The van der Waals surface area contributed by atoms with Gasteiger partial charge in [-0.1, -0.05) is 62.4 Å². The van der Waals surface area contributed by atoms with E-state index in [2.05, 4.69) is 43.4 Å². The molecule has 3 heteroatoms. The Kier molecular flexibility index (Phi) is 3.63. The minimum absolute atomic E-state index is 0.0689. The molecule has 0 radical (unpaired) electrons. The van der Waals surface area contributed by atoms with Gasteiger partial charge in [-0.25, -0.2) is 0 Å². The predicted octanol–water partition coefficient (Wildman–Crippen LogP) is 5.75. The third-order valence-corrected chi connectivity index (χ3v) is 6.00. The Labute approximate surface area is 164 Å².